The number of esters is 1. The number of Topliss-reactive ketones (excluding diaryl/α,β-unsaturated/α-hetero) is 2. The molecular formula is C15H26O6. The molecule has 0 bridgehead atoms. The summed E-state index contributed by atoms with van der Waals surface area (Å²) in [5, 5.41) is 19.2. The SMILES string of the molecule is CCCC(=O)OC(C(=O)CCC)(C(=O)CCC)C(O)CO. The van der Waals surface area contributed by atoms with E-state index in [0.29, 0.717) is 19.3 Å². The quantitative estimate of drug-likeness (QED) is 0.439. The summed E-state index contributed by atoms with van der Waals surface area (Å²) in [6.07, 6.45) is -0.325. The average molecular weight is 302 g/mol. The first-order valence-electron chi connectivity index (χ1n) is 7.47. The molecule has 0 rings (SSSR count). The lowest BCUT2D eigenvalue weighted by Gasteiger charge is -2.34. The molecule has 0 radical (unpaired) electrons. The van der Waals surface area contributed by atoms with Crippen LogP contribution in [0.25, 0.3) is 0 Å². The number of aliphatic hydroxyl groups excluding tert-OH is 2. The second kappa shape index (κ2) is 9.63. The van der Waals surface area contributed by atoms with Crippen molar-refractivity contribution in [2.75, 3.05) is 6.61 Å². The molecule has 0 saturated carbocycles. The topological polar surface area (TPSA) is 101 Å². The minimum atomic E-state index is -2.27. The summed E-state index contributed by atoms with van der Waals surface area (Å²) in [6.45, 7) is 4.41. The number of carbonyl (C=O) groups excluding carboxylic acids is 3. The molecule has 1 unspecified atom stereocenters. The molecule has 0 fully saturated rings. The molecule has 1 atom stereocenters. The molecule has 0 aliphatic rings. The summed E-state index contributed by atoms with van der Waals surface area (Å²) in [5.41, 5.74) is -2.27. The van der Waals surface area contributed by atoms with Crippen LogP contribution in [0.2, 0.25) is 0 Å². The van der Waals surface area contributed by atoms with E-state index in [4.69, 9.17) is 4.74 Å². The van der Waals surface area contributed by atoms with Crippen LogP contribution >= 0.6 is 0 Å². The van der Waals surface area contributed by atoms with Gasteiger partial charge < -0.3 is 14.9 Å². The number of hydrogen-bond donors (Lipinski definition) is 2. The van der Waals surface area contributed by atoms with Crippen LogP contribution in [-0.4, -0.2) is 46.1 Å². The van der Waals surface area contributed by atoms with E-state index in [2.05, 4.69) is 0 Å². The Morgan fingerprint density at radius 3 is 1.71 bits per heavy atom. The second-order valence-electron chi connectivity index (χ2n) is 5.00. The third kappa shape index (κ3) is 4.89. The lowest BCUT2D eigenvalue weighted by molar-refractivity contribution is -0.188. The average Bonchev–Trinajstić information content (AvgIpc) is 2.44. The highest BCUT2D eigenvalue weighted by atomic mass is 16.6. The zero-order chi connectivity index (χ0) is 16.5. The third-order valence-electron chi connectivity index (χ3n) is 3.15. The van der Waals surface area contributed by atoms with Crippen molar-refractivity contribution in [2.45, 2.75) is 71.0 Å². The van der Waals surface area contributed by atoms with E-state index in [0.717, 1.165) is 0 Å². The van der Waals surface area contributed by atoms with Crippen LogP contribution in [0.4, 0.5) is 0 Å². The van der Waals surface area contributed by atoms with Crippen LogP contribution in [0.15, 0.2) is 0 Å². The molecule has 0 amide bonds. The molecule has 0 aromatic rings. The first-order chi connectivity index (χ1) is 9.90. The molecule has 0 saturated heterocycles. The van der Waals surface area contributed by atoms with Crippen molar-refractivity contribution in [1.82, 2.24) is 0 Å². The van der Waals surface area contributed by atoms with Gasteiger partial charge in [0.2, 0.25) is 0 Å². The van der Waals surface area contributed by atoms with E-state index in [1.54, 1.807) is 20.8 Å². The van der Waals surface area contributed by atoms with Gasteiger partial charge >= 0.3 is 5.97 Å². The zero-order valence-electron chi connectivity index (χ0n) is 13.1. The van der Waals surface area contributed by atoms with E-state index >= 15 is 0 Å². The molecule has 0 aliphatic heterocycles. The minimum absolute atomic E-state index is 0.00802. The Hall–Kier alpha value is -1.27. The fraction of sp³-hybridized carbons (Fsp3) is 0.800. The van der Waals surface area contributed by atoms with E-state index in [1.165, 1.54) is 0 Å². The number of aliphatic hydroxyl groups is 2. The Balaban J connectivity index is 5.66. The molecule has 122 valence electrons. The minimum Gasteiger partial charge on any atom is -0.440 e. The fourth-order valence-electron chi connectivity index (χ4n) is 2.10. The molecule has 6 nitrogen and oxygen atoms in total. The van der Waals surface area contributed by atoms with Gasteiger partial charge in [0.15, 0.2) is 11.6 Å². The predicted molar refractivity (Wildman–Crippen MR) is 76.7 cm³/mol. The highest BCUT2D eigenvalue weighted by Gasteiger charge is 2.53. The van der Waals surface area contributed by atoms with E-state index < -0.39 is 35.8 Å². The van der Waals surface area contributed by atoms with Gasteiger partial charge in [-0.25, -0.2) is 0 Å². The zero-order valence-corrected chi connectivity index (χ0v) is 13.1. The van der Waals surface area contributed by atoms with Crippen LogP contribution in [0.1, 0.15) is 59.3 Å². The maximum Gasteiger partial charge on any atom is 0.307 e. The standard InChI is InChI=1S/C15H26O6/c1-4-7-11(17)15(13(19)10-16,12(18)8-5-2)21-14(20)9-6-3/h13,16,19H,4-10H2,1-3H3. The van der Waals surface area contributed by atoms with Crippen molar-refractivity contribution in [3.05, 3.63) is 0 Å². The number of carbonyl (C=O) groups is 3. The molecule has 2 N–H and O–H groups in total. The van der Waals surface area contributed by atoms with E-state index in [-0.39, 0.29) is 19.3 Å². The van der Waals surface area contributed by atoms with Crippen LogP contribution in [0.5, 0.6) is 0 Å². The van der Waals surface area contributed by atoms with Crippen LogP contribution < -0.4 is 0 Å². The maximum absolute atomic E-state index is 12.4. The monoisotopic (exact) mass is 302 g/mol. The summed E-state index contributed by atoms with van der Waals surface area (Å²) in [6, 6.07) is 0. The van der Waals surface area contributed by atoms with Crippen molar-refractivity contribution >= 4 is 17.5 Å². The number of hydrogen-bond acceptors (Lipinski definition) is 6. The van der Waals surface area contributed by atoms with Gasteiger partial charge in [0, 0.05) is 19.3 Å². The number of rotatable bonds is 11. The summed E-state index contributed by atoms with van der Waals surface area (Å²) in [5.74, 6) is -2.04. The Kier molecular flexibility index (Phi) is 9.05. The van der Waals surface area contributed by atoms with Crippen LogP contribution in [0, 0.1) is 0 Å². The fourth-order valence-corrected chi connectivity index (χ4v) is 2.10. The predicted octanol–water partition coefficient (Wildman–Crippen LogP) is 1.16. The van der Waals surface area contributed by atoms with Crippen LogP contribution in [-0.2, 0) is 19.1 Å². The van der Waals surface area contributed by atoms with Crippen molar-refractivity contribution < 1.29 is 29.3 Å². The summed E-state index contributed by atoms with van der Waals surface area (Å²) in [7, 11) is 0. The van der Waals surface area contributed by atoms with Crippen molar-refractivity contribution in [1.29, 1.82) is 0 Å². The van der Waals surface area contributed by atoms with Gasteiger partial charge in [-0.15, -0.1) is 0 Å². The van der Waals surface area contributed by atoms with Gasteiger partial charge in [0.05, 0.1) is 6.61 Å². The Morgan fingerprint density at radius 1 is 0.952 bits per heavy atom. The first-order valence-corrected chi connectivity index (χ1v) is 7.47. The third-order valence-corrected chi connectivity index (χ3v) is 3.15. The van der Waals surface area contributed by atoms with Gasteiger partial charge in [-0.1, -0.05) is 20.8 Å². The molecular weight excluding hydrogens is 276 g/mol. The normalized spacial score (nSPS) is 12.8. The Labute approximate surface area is 125 Å². The second-order valence-corrected chi connectivity index (χ2v) is 5.00. The number of ether oxygens (including phenoxy) is 1. The first kappa shape index (κ1) is 19.7. The van der Waals surface area contributed by atoms with Gasteiger partial charge in [-0.3, -0.25) is 14.4 Å². The maximum atomic E-state index is 12.4. The Bertz CT molecular complexity index is 345. The highest BCUT2D eigenvalue weighted by Crippen LogP contribution is 2.25. The lowest BCUT2D eigenvalue weighted by Crippen LogP contribution is -2.60. The van der Waals surface area contributed by atoms with Crippen molar-refractivity contribution in [2.24, 2.45) is 0 Å². The largest absolute Gasteiger partial charge is 0.440 e. The lowest BCUT2D eigenvalue weighted by atomic mass is 9.83. The van der Waals surface area contributed by atoms with Crippen molar-refractivity contribution in [3.8, 4) is 0 Å². The molecule has 0 heterocycles. The van der Waals surface area contributed by atoms with Gasteiger partial charge in [-0.05, 0) is 19.3 Å². The van der Waals surface area contributed by atoms with Gasteiger partial charge in [0.25, 0.3) is 5.60 Å². The molecule has 0 spiro atoms. The smallest absolute Gasteiger partial charge is 0.307 e. The summed E-state index contributed by atoms with van der Waals surface area (Å²) in [4.78, 5) is 36.5. The molecule has 0 aliphatic carbocycles. The van der Waals surface area contributed by atoms with Crippen molar-refractivity contribution in [3.63, 3.8) is 0 Å². The molecule has 0 aromatic heterocycles. The van der Waals surface area contributed by atoms with Gasteiger partial charge in [-0.2, -0.15) is 0 Å². The highest BCUT2D eigenvalue weighted by molar-refractivity contribution is 6.12. The van der Waals surface area contributed by atoms with E-state index in [9.17, 15) is 24.6 Å². The molecule has 0 aromatic carbocycles. The van der Waals surface area contributed by atoms with Gasteiger partial charge in [0.1, 0.15) is 6.10 Å². The Morgan fingerprint density at radius 2 is 1.38 bits per heavy atom. The molecule has 6 heteroatoms. The van der Waals surface area contributed by atoms with Crippen LogP contribution in [0.3, 0.4) is 0 Å². The molecule has 21 heavy (non-hydrogen) atoms. The van der Waals surface area contributed by atoms with E-state index in [1.807, 2.05) is 0 Å². The summed E-state index contributed by atoms with van der Waals surface area (Å²) >= 11 is 0. The summed E-state index contributed by atoms with van der Waals surface area (Å²) < 4.78 is 5.11. The number of ketones is 2.